The van der Waals surface area contributed by atoms with Crippen molar-refractivity contribution in [2.75, 3.05) is 18.4 Å². The van der Waals surface area contributed by atoms with Gasteiger partial charge in [0.25, 0.3) is 0 Å². The second-order valence-electron chi connectivity index (χ2n) is 8.58. The number of rotatable bonds is 5. The standard InChI is InChI=1S/C22H26N4O2S/c27-20(28)12-15-9-17(10-15)16-3-7-26(8-4-16)13-14-1-2-19-18(11-14)25-21-22(29-19)24-6-5-23-21/h1-2,5-6,11,15-17H,3-4,7-10,12-13H2,(H,23,25)(H,27,28). The minimum Gasteiger partial charge on any atom is -0.481 e. The number of benzene rings is 1. The molecule has 2 aromatic rings. The van der Waals surface area contributed by atoms with Gasteiger partial charge in [0.05, 0.1) is 5.69 Å². The normalized spacial score (nSPS) is 24.1. The van der Waals surface area contributed by atoms with Crippen LogP contribution in [0.15, 0.2) is 40.5 Å². The molecule has 1 aliphatic carbocycles. The molecule has 1 saturated heterocycles. The highest BCUT2D eigenvalue weighted by molar-refractivity contribution is 7.99. The number of carboxylic acid groups (broad SMARTS) is 1. The summed E-state index contributed by atoms with van der Waals surface area (Å²) in [6.07, 6.45) is 8.53. The van der Waals surface area contributed by atoms with Gasteiger partial charge in [0.2, 0.25) is 0 Å². The van der Waals surface area contributed by atoms with Crippen molar-refractivity contribution in [3.63, 3.8) is 0 Å². The highest BCUT2D eigenvalue weighted by atomic mass is 32.2. The number of piperidine rings is 1. The first kappa shape index (κ1) is 18.9. The van der Waals surface area contributed by atoms with Gasteiger partial charge in [-0.1, -0.05) is 17.8 Å². The van der Waals surface area contributed by atoms with Gasteiger partial charge in [0.15, 0.2) is 5.82 Å². The monoisotopic (exact) mass is 410 g/mol. The molecule has 6 nitrogen and oxygen atoms in total. The summed E-state index contributed by atoms with van der Waals surface area (Å²) < 4.78 is 0. The molecule has 3 aliphatic rings. The van der Waals surface area contributed by atoms with Crippen molar-refractivity contribution in [3.8, 4) is 0 Å². The Morgan fingerprint density at radius 1 is 1.17 bits per heavy atom. The fourth-order valence-electron chi connectivity index (χ4n) is 5.01. The Morgan fingerprint density at radius 2 is 1.97 bits per heavy atom. The van der Waals surface area contributed by atoms with Crippen molar-refractivity contribution < 1.29 is 9.90 Å². The van der Waals surface area contributed by atoms with Gasteiger partial charge in [0, 0.05) is 30.3 Å². The van der Waals surface area contributed by atoms with Crippen molar-refractivity contribution in [2.24, 2.45) is 17.8 Å². The lowest BCUT2D eigenvalue weighted by atomic mass is 9.65. The predicted octanol–water partition coefficient (Wildman–Crippen LogP) is 4.40. The molecule has 7 heteroatoms. The third kappa shape index (κ3) is 4.12. The van der Waals surface area contributed by atoms with Crippen LogP contribution in [0.4, 0.5) is 11.5 Å². The number of carbonyl (C=O) groups is 1. The van der Waals surface area contributed by atoms with Crippen LogP contribution in [-0.4, -0.2) is 39.0 Å². The molecular weight excluding hydrogens is 384 g/mol. The first-order chi connectivity index (χ1) is 14.1. The average molecular weight is 411 g/mol. The summed E-state index contributed by atoms with van der Waals surface area (Å²) in [5.74, 6) is 2.16. The van der Waals surface area contributed by atoms with E-state index in [-0.39, 0.29) is 0 Å². The Kier molecular flexibility index (Phi) is 5.18. The average Bonchev–Trinajstić information content (AvgIpc) is 2.69. The highest BCUT2D eigenvalue weighted by Crippen LogP contribution is 2.45. The Bertz CT molecular complexity index is 907. The van der Waals surface area contributed by atoms with Crippen LogP contribution in [0.25, 0.3) is 0 Å². The van der Waals surface area contributed by atoms with E-state index in [0.717, 1.165) is 60.8 Å². The molecule has 0 unspecified atom stereocenters. The molecule has 0 atom stereocenters. The summed E-state index contributed by atoms with van der Waals surface area (Å²) in [5.41, 5.74) is 2.45. The maximum atomic E-state index is 10.8. The minimum absolute atomic E-state index is 0.357. The van der Waals surface area contributed by atoms with Crippen LogP contribution in [0.3, 0.4) is 0 Å². The van der Waals surface area contributed by atoms with E-state index in [4.69, 9.17) is 5.11 Å². The topological polar surface area (TPSA) is 78.4 Å². The van der Waals surface area contributed by atoms with E-state index in [1.807, 2.05) is 0 Å². The van der Waals surface area contributed by atoms with Crippen molar-refractivity contribution in [1.29, 1.82) is 0 Å². The molecule has 2 fully saturated rings. The molecule has 3 heterocycles. The smallest absolute Gasteiger partial charge is 0.303 e. The van der Waals surface area contributed by atoms with E-state index < -0.39 is 5.97 Å². The molecule has 2 N–H and O–H groups in total. The zero-order valence-electron chi connectivity index (χ0n) is 16.4. The number of nitrogens with zero attached hydrogens (tertiary/aromatic N) is 3. The van der Waals surface area contributed by atoms with Gasteiger partial charge >= 0.3 is 5.97 Å². The molecule has 5 rings (SSSR count). The maximum absolute atomic E-state index is 10.8. The number of hydrogen-bond acceptors (Lipinski definition) is 6. The number of aromatic nitrogens is 2. The van der Waals surface area contributed by atoms with Crippen molar-refractivity contribution in [2.45, 2.75) is 48.6 Å². The van der Waals surface area contributed by atoms with Gasteiger partial charge in [0.1, 0.15) is 5.03 Å². The third-order valence-electron chi connectivity index (χ3n) is 6.61. The summed E-state index contributed by atoms with van der Waals surface area (Å²) in [6, 6.07) is 6.65. The molecule has 0 bridgehead atoms. The Morgan fingerprint density at radius 3 is 2.76 bits per heavy atom. The van der Waals surface area contributed by atoms with E-state index in [9.17, 15) is 4.79 Å². The lowest BCUT2D eigenvalue weighted by molar-refractivity contribution is -0.139. The second-order valence-corrected chi connectivity index (χ2v) is 9.61. The van der Waals surface area contributed by atoms with Crippen LogP contribution in [0, 0.1) is 17.8 Å². The van der Waals surface area contributed by atoms with E-state index in [1.54, 1.807) is 24.2 Å². The number of anilines is 2. The van der Waals surface area contributed by atoms with Crippen LogP contribution in [-0.2, 0) is 11.3 Å². The lowest BCUT2D eigenvalue weighted by Gasteiger charge is -2.43. The Hall–Kier alpha value is -2.12. The van der Waals surface area contributed by atoms with Crippen LogP contribution in [0.2, 0.25) is 0 Å². The van der Waals surface area contributed by atoms with Gasteiger partial charge in [-0.05, 0) is 74.2 Å². The Balaban J connectivity index is 1.14. The zero-order valence-corrected chi connectivity index (χ0v) is 17.2. The first-order valence-electron chi connectivity index (χ1n) is 10.5. The van der Waals surface area contributed by atoms with Crippen molar-refractivity contribution >= 4 is 29.2 Å². The molecule has 1 aromatic heterocycles. The van der Waals surface area contributed by atoms with Crippen LogP contribution < -0.4 is 5.32 Å². The van der Waals surface area contributed by atoms with Crippen LogP contribution >= 0.6 is 11.8 Å². The molecule has 0 amide bonds. The minimum atomic E-state index is -0.642. The van der Waals surface area contributed by atoms with Crippen molar-refractivity contribution in [1.82, 2.24) is 14.9 Å². The number of nitrogens with one attached hydrogen (secondary N) is 1. The number of aliphatic carboxylic acids is 1. The summed E-state index contributed by atoms with van der Waals surface area (Å²) in [7, 11) is 0. The quantitative estimate of drug-likeness (QED) is 0.645. The highest BCUT2D eigenvalue weighted by Gasteiger charge is 2.37. The third-order valence-corrected chi connectivity index (χ3v) is 7.68. The number of carboxylic acids is 1. The maximum Gasteiger partial charge on any atom is 0.303 e. The van der Waals surface area contributed by atoms with Crippen LogP contribution in [0.1, 0.15) is 37.7 Å². The molecule has 1 aromatic carbocycles. The molecule has 29 heavy (non-hydrogen) atoms. The molecule has 0 radical (unpaired) electrons. The molecule has 1 saturated carbocycles. The predicted molar refractivity (Wildman–Crippen MR) is 112 cm³/mol. The van der Waals surface area contributed by atoms with Gasteiger partial charge in [-0.15, -0.1) is 0 Å². The molecule has 0 spiro atoms. The first-order valence-corrected chi connectivity index (χ1v) is 11.3. The summed E-state index contributed by atoms with van der Waals surface area (Å²) in [5, 5.41) is 13.3. The van der Waals surface area contributed by atoms with E-state index in [2.05, 4.69) is 38.4 Å². The van der Waals surface area contributed by atoms with E-state index >= 15 is 0 Å². The second kappa shape index (κ2) is 7.95. The summed E-state index contributed by atoms with van der Waals surface area (Å²) in [6.45, 7) is 3.25. The number of hydrogen-bond donors (Lipinski definition) is 2. The van der Waals surface area contributed by atoms with Gasteiger partial charge in [-0.25, -0.2) is 9.97 Å². The van der Waals surface area contributed by atoms with Gasteiger partial charge in [-0.3, -0.25) is 9.69 Å². The SMILES string of the molecule is O=C(O)CC1CC(C2CCN(Cc3ccc4c(c3)Nc3nccnc3S4)CC2)C1. The molecule has 2 aliphatic heterocycles. The molecule has 152 valence electrons. The van der Waals surface area contributed by atoms with E-state index in [1.165, 1.54) is 23.3 Å². The fraction of sp³-hybridized carbons (Fsp3) is 0.500. The van der Waals surface area contributed by atoms with Gasteiger partial charge in [-0.2, -0.15) is 0 Å². The zero-order chi connectivity index (χ0) is 19.8. The summed E-state index contributed by atoms with van der Waals surface area (Å²) in [4.78, 5) is 23.4. The number of likely N-dealkylation sites (tertiary alicyclic amines) is 1. The number of fused-ring (bicyclic) bond motifs is 2. The van der Waals surface area contributed by atoms with Crippen molar-refractivity contribution in [3.05, 3.63) is 36.2 Å². The molecular formula is C22H26N4O2S. The van der Waals surface area contributed by atoms with Gasteiger partial charge < -0.3 is 10.4 Å². The van der Waals surface area contributed by atoms with E-state index in [0.29, 0.717) is 12.3 Å². The summed E-state index contributed by atoms with van der Waals surface area (Å²) >= 11 is 1.67. The Labute approximate surface area is 175 Å². The largest absolute Gasteiger partial charge is 0.481 e. The van der Waals surface area contributed by atoms with Crippen LogP contribution in [0.5, 0.6) is 0 Å². The fourth-order valence-corrected chi connectivity index (χ4v) is 5.88. The lowest BCUT2D eigenvalue weighted by Crippen LogP contribution is -2.39.